The van der Waals surface area contributed by atoms with E-state index < -0.39 is 0 Å². The van der Waals surface area contributed by atoms with Gasteiger partial charge in [0.25, 0.3) is 0 Å². The maximum Gasteiger partial charge on any atom is 0.0950 e. The first-order valence-electron chi connectivity index (χ1n) is 4.53. The Hall–Kier alpha value is -0.380. The van der Waals surface area contributed by atoms with E-state index in [1.165, 1.54) is 0 Å². The van der Waals surface area contributed by atoms with Gasteiger partial charge in [-0.25, -0.2) is 0 Å². The van der Waals surface area contributed by atoms with Gasteiger partial charge in [-0.05, 0) is 6.42 Å². The van der Waals surface area contributed by atoms with Gasteiger partial charge in [-0.15, -0.1) is 0 Å². The number of ether oxygens (including phenoxy) is 1. The number of hydrogen-bond donors (Lipinski definition) is 1. The van der Waals surface area contributed by atoms with Crippen molar-refractivity contribution in [1.29, 1.82) is 0 Å². The van der Waals surface area contributed by atoms with Gasteiger partial charge in [-0.3, -0.25) is 4.90 Å². The molecule has 2 aliphatic rings. The minimum atomic E-state index is -0.281. The van der Waals surface area contributed by atoms with E-state index in [1.54, 1.807) is 0 Å². The molecule has 0 saturated carbocycles. The van der Waals surface area contributed by atoms with E-state index in [0.717, 1.165) is 19.5 Å². The highest BCUT2D eigenvalue weighted by Gasteiger charge is 2.31. The molecule has 2 heterocycles. The highest BCUT2D eigenvalue weighted by molar-refractivity contribution is 4.95. The summed E-state index contributed by atoms with van der Waals surface area (Å²) in [6.07, 6.45) is 5.17. The van der Waals surface area contributed by atoms with Crippen LogP contribution in [-0.4, -0.2) is 48.5 Å². The molecule has 1 saturated heterocycles. The Balaban J connectivity index is 1.94. The summed E-state index contributed by atoms with van der Waals surface area (Å²) < 4.78 is 5.21. The summed E-state index contributed by atoms with van der Waals surface area (Å²) in [6.45, 7) is 3.21. The molecule has 2 aliphatic heterocycles. The van der Waals surface area contributed by atoms with Crippen molar-refractivity contribution in [3.05, 3.63) is 12.2 Å². The summed E-state index contributed by atoms with van der Waals surface area (Å²) in [5.41, 5.74) is 0. The predicted octanol–water partition coefficient (Wildman–Crippen LogP) is 0.00800. The lowest BCUT2D eigenvalue weighted by molar-refractivity contribution is 0.0874. The second-order valence-corrected chi connectivity index (χ2v) is 3.43. The van der Waals surface area contributed by atoms with Crippen LogP contribution in [0.4, 0.5) is 0 Å². The number of rotatable bonds is 1. The summed E-state index contributed by atoms with van der Waals surface area (Å²) in [4.78, 5) is 2.29. The van der Waals surface area contributed by atoms with Crippen LogP contribution in [0.1, 0.15) is 6.42 Å². The largest absolute Gasteiger partial charge is 0.389 e. The van der Waals surface area contributed by atoms with E-state index in [2.05, 4.69) is 17.1 Å². The summed E-state index contributed by atoms with van der Waals surface area (Å²) in [5, 5.41) is 9.55. The summed E-state index contributed by atoms with van der Waals surface area (Å²) in [5.74, 6) is 0. The molecule has 0 radical (unpaired) electrons. The van der Waals surface area contributed by atoms with Crippen LogP contribution in [0.5, 0.6) is 0 Å². The zero-order valence-corrected chi connectivity index (χ0v) is 7.15. The van der Waals surface area contributed by atoms with E-state index in [-0.39, 0.29) is 12.1 Å². The Kier molecular flexibility index (Phi) is 2.44. The molecule has 1 fully saturated rings. The summed E-state index contributed by atoms with van der Waals surface area (Å²) >= 11 is 0. The van der Waals surface area contributed by atoms with Gasteiger partial charge < -0.3 is 9.84 Å². The summed E-state index contributed by atoms with van der Waals surface area (Å²) in [6, 6.07) is 0.231. The fraction of sp³-hybridized carbons (Fsp3) is 0.778. The van der Waals surface area contributed by atoms with Crippen molar-refractivity contribution in [3.8, 4) is 0 Å². The third kappa shape index (κ3) is 1.53. The van der Waals surface area contributed by atoms with Gasteiger partial charge >= 0.3 is 0 Å². The Morgan fingerprint density at radius 2 is 2.25 bits per heavy atom. The average molecular weight is 169 g/mol. The van der Waals surface area contributed by atoms with Crippen molar-refractivity contribution in [2.45, 2.75) is 18.6 Å². The molecule has 2 unspecified atom stereocenters. The quantitative estimate of drug-likeness (QED) is 0.561. The number of nitrogens with zero attached hydrogens (tertiary/aromatic N) is 1. The molecule has 0 spiro atoms. The lowest BCUT2D eigenvalue weighted by atomic mass is 10.1. The van der Waals surface area contributed by atoms with Crippen LogP contribution in [0.25, 0.3) is 0 Å². The smallest absolute Gasteiger partial charge is 0.0950 e. The maximum atomic E-state index is 9.55. The highest BCUT2D eigenvalue weighted by atomic mass is 16.5. The Bertz CT molecular complexity index is 181. The first kappa shape index (κ1) is 8.23. The van der Waals surface area contributed by atoms with Gasteiger partial charge in [0.15, 0.2) is 0 Å². The van der Waals surface area contributed by atoms with E-state index in [1.807, 2.05) is 0 Å². The third-order valence-electron chi connectivity index (χ3n) is 2.58. The first-order chi connectivity index (χ1) is 5.88. The minimum Gasteiger partial charge on any atom is -0.389 e. The second-order valence-electron chi connectivity index (χ2n) is 3.43. The predicted molar refractivity (Wildman–Crippen MR) is 45.9 cm³/mol. The lowest BCUT2D eigenvalue weighted by Gasteiger charge is -2.30. The molecule has 2 rings (SSSR count). The van der Waals surface area contributed by atoms with Crippen LogP contribution in [0.15, 0.2) is 12.2 Å². The Morgan fingerprint density at radius 3 is 2.83 bits per heavy atom. The maximum absolute atomic E-state index is 9.55. The number of aliphatic hydroxyl groups excluding tert-OH is 1. The van der Waals surface area contributed by atoms with E-state index in [0.29, 0.717) is 13.2 Å². The van der Waals surface area contributed by atoms with Crippen molar-refractivity contribution >= 4 is 0 Å². The zero-order valence-electron chi connectivity index (χ0n) is 7.15. The van der Waals surface area contributed by atoms with Crippen molar-refractivity contribution in [3.63, 3.8) is 0 Å². The standard InChI is InChI=1S/C9H15NO2/c11-9-7-12-6-8(9)10-4-2-1-3-5-10/h1-2,8-9,11H,3-7H2. The van der Waals surface area contributed by atoms with Gasteiger partial charge in [0.1, 0.15) is 0 Å². The molecule has 3 nitrogen and oxygen atoms in total. The van der Waals surface area contributed by atoms with E-state index >= 15 is 0 Å². The molecule has 68 valence electrons. The van der Waals surface area contributed by atoms with Gasteiger partial charge in [0.2, 0.25) is 0 Å². The van der Waals surface area contributed by atoms with Gasteiger partial charge in [0.05, 0.1) is 25.4 Å². The Morgan fingerprint density at radius 1 is 1.33 bits per heavy atom. The fourth-order valence-corrected chi connectivity index (χ4v) is 1.84. The van der Waals surface area contributed by atoms with Gasteiger partial charge in [-0.2, -0.15) is 0 Å². The number of hydrogen-bond acceptors (Lipinski definition) is 3. The van der Waals surface area contributed by atoms with E-state index in [9.17, 15) is 5.11 Å². The fourth-order valence-electron chi connectivity index (χ4n) is 1.84. The lowest BCUT2D eigenvalue weighted by Crippen LogP contribution is -2.44. The molecule has 12 heavy (non-hydrogen) atoms. The normalized spacial score (nSPS) is 37.4. The van der Waals surface area contributed by atoms with Crippen molar-refractivity contribution in [2.75, 3.05) is 26.3 Å². The second kappa shape index (κ2) is 3.56. The molecule has 3 heteroatoms. The van der Waals surface area contributed by atoms with E-state index in [4.69, 9.17) is 4.74 Å². The van der Waals surface area contributed by atoms with Crippen molar-refractivity contribution in [2.24, 2.45) is 0 Å². The molecule has 0 aromatic heterocycles. The van der Waals surface area contributed by atoms with Crippen LogP contribution in [0, 0.1) is 0 Å². The van der Waals surface area contributed by atoms with Crippen LogP contribution in [0.2, 0.25) is 0 Å². The van der Waals surface area contributed by atoms with Gasteiger partial charge in [-0.1, -0.05) is 12.2 Å². The zero-order chi connectivity index (χ0) is 8.39. The SMILES string of the molecule is OC1COCC1N1CC=CCC1. The minimum absolute atomic E-state index is 0.231. The molecule has 0 aliphatic carbocycles. The molecular weight excluding hydrogens is 154 g/mol. The first-order valence-corrected chi connectivity index (χ1v) is 4.53. The molecule has 0 bridgehead atoms. The monoisotopic (exact) mass is 169 g/mol. The van der Waals surface area contributed by atoms with Crippen LogP contribution < -0.4 is 0 Å². The molecule has 0 aromatic rings. The molecule has 1 N–H and O–H groups in total. The number of aliphatic hydroxyl groups is 1. The topological polar surface area (TPSA) is 32.7 Å². The Labute approximate surface area is 72.6 Å². The van der Waals surface area contributed by atoms with Crippen LogP contribution in [0.3, 0.4) is 0 Å². The van der Waals surface area contributed by atoms with Crippen molar-refractivity contribution in [1.82, 2.24) is 4.90 Å². The molecule has 2 atom stereocenters. The highest BCUT2D eigenvalue weighted by Crippen LogP contribution is 2.15. The molecule has 0 amide bonds. The summed E-state index contributed by atoms with van der Waals surface area (Å²) in [7, 11) is 0. The van der Waals surface area contributed by atoms with Gasteiger partial charge in [0, 0.05) is 13.1 Å². The third-order valence-corrected chi connectivity index (χ3v) is 2.58. The van der Waals surface area contributed by atoms with Crippen LogP contribution >= 0.6 is 0 Å². The molecular formula is C9H15NO2. The molecule has 0 aromatic carbocycles. The van der Waals surface area contributed by atoms with Crippen molar-refractivity contribution < 1.29 is 9.84 Å². The average Bonchev–Trinajstić information content (AvgIpc) is 2.53. The van der Waals surface area contributed by atoms with Crippen LogP contribution in [-0.2, 0) is 4.74 Å².